The lowest BCUT2D eigenvalue weighted by Gasteiger charge is -2.36. The van der Waals surface area contributed by atoms with Crippen LogP contribution in [-0.2, 0) is 7.05 Å². The maximum absolute atomic E-state index is 5.27. The van der Waals surface area contributed by atoms with E-state index in [-0.39, 0.29) is 0 Å². The molecule has 1 aromatic carbocycles. The fourth-order valence-corrected chi connectivity index (χ4v) is 2.60. The minimum absolute atomic E-state index is 0.533. The lowest BCUT2D eigenvalue weighted by molar-refractivity contribution is 0.369. The summed E-state index contributed by atoms with van der Waals surface area (Å²) in [6.45, 7) is 0. The monoisotopic (exact) mass is 257 g/mol. The zero-order chi connectivity index (χ0) is 13.2. The molecule has 1 aliphatic rings. The SMILES string of the molecule is COc1cccc(C2CC(Nc3ccn(C)n3)C2)c1. The van der Waals surface area contributed by atoms with Crippen molar-refractivity contribution in [3.63, 3.8) is 0 Å². The van der Waals surface area contributed by atoms with Crippen molar-refractivity contribution >= 4 is 5.82 Å². The molecule has 0 radical (unpaired) electrons. The summed E-state index contributed by atoms with van der Waals surface area (Å²) in [7, 11) is 3.65. The van der Waals surface area contributed by atoms with E-state index >= 15 is 0 Å². The molecule has 100 valence electrons. The third-order valence-electron chi connectivity index (χ3n) is 3.77. The summed E-state index contributed by atoms with van der Waals surface area (Å²) in [4.78, 5) is 0. The van der Waals surface area contributed by atoms with Gasteiger partial charge in [-0.05, 0) is 36.5 Å². The standard InChI is InChI=1S/C15H19N3O/c1-18-7-6-15(17-18)16-13-8-12(9-13)11-4-3-5-14(10-11)19-2/h3-7,10,12-13H,8-9H2,1-2H3,(H,16,17). The number of hydrogen-bond acceptors (Lipinski definition) is 3. The Balaban J connectivity index is 1.57. The highest BCUT2D eigenvalue weighted by Gasteiger charge is 2.30. The number of nitrogens with zero attached hydrogens (tertiary/aromatic N) is 2. The minimum atomic E-state index is 0.533. The van der Waals surface area contributed by atoms with Crippen LogP contribution in [0.1, 0.15) is 24.3 Å². The summed E-state index contributed by atoms with van der Waals surface area (Å²) in [5.74, 6) is 2.55. The van der Waals surface area contributed by atoms with E-state index in [2.05, 4.69) is 28.6 Å². The van der Waals surface area contributed by atoms with E-state index < -0.39 is 0 Å². The molecule has 19 heavy (non-hydrogen) atoms. The van der Waals surface area contributed by atoms with Gasteiger partial charge in [0, 0.05) is 25.4 Å². The van der Waals surface area contributed by atoms with Crippen molar-refractivity contribution in [2.24, 2.45) is 7.05 Å². The van der Waals surface area contributed by atoms with Gasteiger partial charge in [-0.2, -0.15) is 5.10 Å². The number of benzene rings is 1. The third kappa shape index (κ3) is 2.57. The predicted molar refractivity (Wildman–Crippen MR) is 75.6 cm³/mol. The fourth-order valence-electron chi connectivity index (χ4n) is 2.60. The zero-order valence-corrected chi connectivity index (χ0v) is 11.3. The summed E-state index contributed by atoms with van der Waals surface area (Å²) in [6.07, 6.45) is 4.27. The van der Waals surface area contributed by atoms with Crippen LogP contribution >= 0.6 is 0 Å². The van der Waals surface area contributed by atoms with Crippen molar-refractivity contribution < 1.29 is 4.74 Å². The van der Waals surface area contributed by atoms with Crippen LogP contribution < -0.4 is 10.1 Å². The fraction of sp³-hybridized carbons (Fsp3) is 0.400. The van der Waals surface area contributed by atoms with Gasteiger partial charge in [0.15, 0.2) is 0 Å². The molecule has 1 aliphatic carbocycles. The molecule has 0 atom stereocenters. The summed E-state index contributed by atoms with van der Waals surface area (Å²) < 4.78 is 7.09. The van der Waals surface area contributed by atoms with Crippen LogP contribution in [0.4, 0.5) is 5.82 Å². The van der Waals surface area contributed by atoms with E-state index in [9.17, 15) is 0 Å². The first kappa shape index (κ1) is 12.1. The van der Waals surface area contributed by atoms with Crippen LogP contribution in [0.25, 0.3) is 0 Å². The van der Waals surface area contributed by atoms with Crippen molar-refractivity contribution in [3.8, 4) is 5.75 Å². The zero-order valence-electron chi connectivity index (χ0n) is 11.3. The molecule has 1 N–H and O–H groups in total. The number of aryl methyl sites for hydroxylation is 1. The van der Waals surface area contributed by atoms with Crippen LogP contribution in [0.5, 0.6) is 5.75 Å². The Kier molecular flexibility index (Phi) is 3.15. The number of aromatic nitrogens is 2. The topological polar surface area (TPSA) is 39.1 Å². The van der Waals surface area contributed by atoms with E-state index in [1.54, 1.807) is 7.11 Å². The first-order valence-corrected chi connectivity index (χ1v) is 6.65. The molecule has 0 bridgehead atoms. The second-order valence-corrected chi connectivity index (χ2v) is 5.16. The summed E-state index contributed by atoms with van der Waals surface area (Å²) in [5, 5.41) is 7.81. The van der Waals surface area contributed by atoms with Gasteiger partial charge in [-0.3, -0.25) is 4.68 Å². The van der Waals surface area contributed by atoms with Crippen molar-refractivity contribution in [1.82, 2.24) is 9.78 Å². The largest absolute Gasteiger partial charge is 0.497 e. The lowest BCUT2D eigenvalue weighted by atomic mass is 9.76. The highest BCUT2D eigenvalue weighted by atomic mass is 16.5. The molecule has 2 aromatic rings. The Bertz CT molecular complexity index is 558. The van der Waals surface area contributed by atoms with Crippen molar-refractivity contribution in [2.75, 3.05) is 12.4 Å². The Hall–Kier alpha value is -1.97. The number of rotatable bonds is 4. The van der Waals surface area contributed by atoms with Gasteiger partial charge < -0.3 is 10.1 Å². The van der Waals surface area contributed by atoms with Crippen LogP contribution in [-0.4, -0.2) is 22.9 Å². The molecule has 1 fully saturated rings. The van der Waals surface area contributed by atoms with Gasteiger partial charge in [-0.15, -0.1) is 0 Å². The number of nitrogens with one attached hydrogen (secondary N) is 1. The van der Waals surface area contributed by atoms with Crippen molar-refractivity contribution in [3.05, 3.63) is 42.1 Å². The first-order chi connectivity index (χ1) is 9.24. The Morgan fingerprint density at radius 3 is 2.84 bits per heavy atom. The second-order valence-electron chi connectivity index (χ2n) is 5.16. The number of hydrogen-bond donors (Lipinski definition) is 1. The number of ether oxygens (including phenoxy) is 1. The van der Waals surface area contributed by atoms with Gasteiger partial charge in [0.25, 0.3) is 0 Å². The molecular formula is C15H19N3O. The Labute approximate surface area is 113 Å². The van der Waals surface area contributed by atoms with Gasteiger partial charge in [-0.25, -0.2) is 0 Å². The van der Waals surface area contributed by atoms with E-state index in [1.165, 1.54) is 5.56 Å². The van der Waals surface area contributed by atoms with E-state index in [0.717, 1.165) is 24.4 Å². The summed E-state index contributed by atoms with van der Waals surface area (Å²) in [6, 6.07) is 10.9. The molecule has 3 rings (SSSR count). The summed E-state index contributed by atoms with van der Waals surface area (Å²) >= 11 is 0. The van der Waals surface area contributed by atoms with Gasteiger partial charge in [0.1, 0.15) is 11.6 Å². The molecule has 4 nitrogen and oxygen atoms in total. The molecule has 0 saturated heterocycles. The maximum atomic E-state index is 5.27. The van der Waals surface area contributed by atoms with E-state index in [4.69, 9.17) is 4.74 Å². The highest BCUT2D eigenvalue weighted by molar-refractivity contribution is 5.37. The van der Waals surface area contributed by atoms with Crippen molar-refractivity contribution in [2.45, 2.75) is 24.8 Å². The second kappa shape index (κ2) is 4.96. The molecular weight excluding hydrogens is 238 g/mol. The molecule has 1 aromatic heterocycles. The number of methoxy groups -OCH3 is 1. The molecule has 0 aliphatic heterocycles. The molecule has 0 amide bonds. The molecule has 1 saturated carbocycles. The van der Waals surface area contributed by atoms with Crippen LogP contribution in [0.3, 0.4) is 0 Å². The van der Waals surface area contributed by atoms with Gasteiger partial charge in [-0.1, -0.05) is 12.1 Å². The van der Waals surface area contributed by atoms with Crippen LogP contribution in [0.2, 0.25) is 0 Å². The van der Waals surface area contributed by atoms with Gasteiger partial charge in [0.2, 0.25) is 0 Å². The van der Waals surface area contributed by atoms with E-state index in [0.29, 0.717) is 12.0 Å². The third-order valence-corrected chi connectivity index (χ3v) is 3.77. The Morgan fingerprint density at radius 2 is 2.16 bits per heavy atom. The van der Waals surface area contributed by atoms with Crippen molar-refractivity contribution in [1.29, 1.82) is 0 Å². The highest BCUT2D eigenvalue weighted by Crippen LogP contribution is 2.39. The average molecular weight is 257 g/mol. The molecule has 1 heterocycles. The minimum Gasteiger partial charge on any atom is -0.497 e. The molecule has 0 spiro atoms. The quantitative estimate of drug-likeness (QED) is 0.915. The smallest absolute Gasteiger partial charge is 0.148 e. The lowest BCUT2D eigenvalue weighted by Crippen LogP contribution is -2.34. The predicted octanol–water partition coefficient (Wildman–Crippen LogP) is 2.79. The van der Waals surface area contributed by atoms with Crippen LogP contribution in [0, 0.1) is 0 Å². The molecule has 0 unspecified atom stereocenters. The number of anilines is 1. The summed E-state index contributed by atoms with van der Waals surface area (Å²) in [5.41, 5.74) is 1.37. The normalized spacial score (nSPS) is 21.8. The Morgan fingerprint density at radius 1 is 1.32 bits per heavy atom. The maximum Gasteiger partial charge on any atom is 0.148 e. The van der Waals surface area contributed by atoms with Crippen LogP contribution in [0.15, 0.2) is 36.5 Å². The van der Waals surface area contributed by atoms with Gasteiger partial charge >= 0.3 is 0 Å². The van der Waals surface area contributed by atoms with E-state index in [1.807, 2.05) is 30.1 Å². The first-order valence-electron chi connectivity index (χ1n) is 6.65. The average Bonchev–Trinajstić information content (AvgIpc) is 2.79. The molecule has 4 heteroatoms. The van der Waals surface area contributed by atoms with Gasteiger partial charge in [0.05, 0.1) is 7.11 Å².